The van der Waals surface area contributed by atoms with Crippen molar-refractivity contribution in [3.8, 4) is 5.75 Å². The van der Waals surface area contributed by atoms with Crippen molar-refractivity contribution in [1.82, 2.24) is 5.32 Å². The molecule has 2 unspecified atom stereocenters. The molecule has 0 fully saturated rings. The van der Waals surface area contributed by atoms with Crippen LogP contribution in [0.3, 0.4) is 0 Å². The smallest absolute Gasteiger partial charge is 0.119 e. The average Bonchev–Trinajstić information content (AvgIpc) is 2.36. The number of benzene rings is 1. The molecule has 17 heavy (non-hydrogen) atoms. The van der Waals surface area contributed by atoms with E-state index in [-0.39, 0.29) is 6.04 Å². The van der Waals surface area contributed by atoms with Gasteiger partial charge in [0.05, 0.1) is 19.8 Å². The summed E-state index contributed by atoms with van der Waals surface area (Å²) in [4.78, 5) is 0. The van der Waals surface area contributed by atoms with Crippen molar-refractivity contribution in [2.45, 2.75) is 19.1 Å². The SMILES string of the molecule is COCC(O)CNC(C)c1cccc(OC)c1. The molecule has 0 spiro atoms. The molecule has 0 saturated carbocycles. The highest BCUT2D eigenvalue weighted by molar-refractivity contribution is 5.30. The first kappa shape index (κ1) is 14.0. The quantitative estimate of drug-likeness (QED) is 0.754. The van der Waals surface area contributed by atoms with E-state index in [1.165, 1.54) is 0 Å². The Kier molecular flexibility index (Phi) is 5.97. The van der Waals surface area contributed by atoms with Gasteiger partial charge in [0.25, 0.3) is 0 Å². The molecule has 0 aliphatic rings. The normalized spacial score (nSPS) is 14.4. The molecule has 2 N–H and O–H groups in total. The minimum absolute atomic E-state index is 0.164. The van der Waals surface area contributed by atoms with E-state index in [2.05, 4.69) is 5.32 Å². The zero-order valence-corrected chi connectivity index (χ0v) is 10.6. The minimum Gasteiger partial charge on any atom is -0.497 e. The van der Waals surface area contributed by atoms with Gasteiger partial charge in [0.15, 0.2) is 0 Å². The number of methoxy groups -OCH3 is 2. The Labute approximate surface area is 103 Å². The Morgan fingerprint density at radius 2 is 2.12 bits per heavy atom. The molecular weight excluding hydrogens is 218 g/mol. The Bertz CT molecular complexity index is 330. The van der Waals surface area contributed by atoms with E-state index in [0.29, 0.717) is 13.2 Å². The number of nitrogens with one attached hydrogen (secondary N) is 1. The number of rotatable bonds is 7. The highest BCUT2D eigenvalue weighted by Gasteiger charge is 2.09. The maximum Gasteiger partial charge on any atom is 0.119 e. The van der Waals surface area contributed by atoms with Crippen LogP contribution in [0.5, 0.6) is 5.75 Å². The van der Waals surface area contributed by atoms with Gasteiger partial charge in [0.1, 0.15) is 5.75 Å². The standard InChI is InChI=1S/C13H21NO3/c1-10(14-8-12(15)9-16-2)11-5-4-6-13(7-11)17-3/h4-7,10,12,14-15H,8-9H2,1-3H3. The molecule has 0 aliphatic carbocycles. The van der Waals surface area contributed by atoms with Crippen molar-refractivity contribution in [2.24, 2.45) is 0 Å². The number of ether oxygens (including phenoxy) is 2. The second-order valence-electron chi connectivity index (χ2n) is 4.02. The fourth-order valence-corrected chi connectivity index (χ4v) is 1.59. The summed E-state index contributed by atoms with van der Waals surface area (Å²) < 4.78 is 10.0. The van der Waals surface area contributed by atoms with Crippen molar-refractivity contribution in [3.63, 3.8) is 0 Å². The Hall–Kier alpha value is -1.10. The first-order chi connectivity index (χ1) is 8.17. The molecule has 2 atom stereocenters. The third-order valence-corrected chi connectivity index (χ3v) is 2.61. The van der Waals surface area contributed by atoms with Crippen molar-refractivity contribution in [1.29, 1.82) is 0 Å². The van der Waals surface area contributed by atoms with Gasteiger partial charge in [0.2, 0.25) is 0 Å². The summed E-state index contributed by atoms with van der Waals surface area (Å²) in [6, 6.07) is 8.05. The van der Waals surface area contributed by atoms with Gasteiger partial charge in [-0.05, 0) is 24.6 Å². The minimum atomic E-state index is -0.479. The predicted molar refractivity (Wildman–Crippen MR) is 67.3 cm³/mol. The van der Waals surface area contributed by atoms with E-state index in [0.717, 1.165) is 11.3 Å². The van der Waals surface area contributed by atoms with Gasteiger partial charge in [-0.25, -0.2) is 0 Å². The van der Waals surface area contributed by atoms with Gasteiger partial charge >= 0.3 is 0 Å². The first-order valence-electron chi connectivity index (χ1n) is 5.71. The van der Waals surface area contributed by atoms with Crippen molar-refractivity contribution in [2.75, 3.05) is 27.4 Å². The Morgan fingerprint density at radius 3 is 2.76 bits per heavy atom. The maximum atomic E-state index is 9.53. The molecule has 4 heteroatoms. The average molecular weight is 239 g/mol. The van der Waals surface area contributed by atoms with Gasteiger partial charge in [-0.2, -0.15) is 0 Å². The van der Waals surface area contributed by atoms with E-state index in [4.69, 9.17) is 9.47 Å². The first-order valence-corrected chi connectivity index (χ1v) is 5.71. The largest absolute Gasteiger partial charge is 0.497 e. The lowest BCUT2D eigenvalue weighted by Crippen LogP contribution is -2.31. The summed E-state index contributed by atoms with van der Waals surface area (Å²) in [6.07, 6.45) is -0.479. The van der Waals surface area contributed by atoms with Crippen LogP contribution in [-0.4, -0.2) is 38.6 Å². The lowest BCUT2D eigenvalue weighted by atomic mass is 10.1. The number of aliphatic hydroxyl groups excluding tert-OH is 1. The summed E-state index contributed by atoms with van der Waals surface area (Å²) in [7, 11) is 3.23. The van der Waals surface area contributed by atoms with Crippen LogP contribution in [0.15, 0.2) is 24.3 Å². The monoisotopic (exact) mass is 239 g/mol. The molecule has 1 aromatic rings. The van der Waals surface area contributed by atoms with E-state index < -0.39 is 6.10 Å². The van der Waals surface area contributed by atoms with Gasteiger partial charge in [-0.3, -0.25) is 0 Å². The molecule has 1 aromatic carbocycles. The van der Waals surface area contributed by atoms with E-state index in [1.54, 1.807) is 14.2 Å². The van der Waals surface area contributed by atoms with Crippen molar-refractivity contribution >= 4 is 0 Å². The second kappa shape index (κ2) is 7.27. The summed E-state index contributed by atoms with van der Waals surface area (Å²) in [6.45, 7) is 2.90. The molecule has 96 valence electrons. The van der Waals surface area contributed by atoms with Crippen LogP contribution in [0.4, 0.5) is 0 Å². The van der Waals surface area contributed by atoms with Gasteiger partial charge in [-0.15, -0.1) is 0 Å². The van der Waals surface area contributed by atoms with E-state index in [9.17, 15) is 5.11 Å². The second-order valence-corrected chi connectivity index (χ2v) is 4.02. The van der Waals surface area contributed by atoms with E-state index in [1.807, 2.05) is 31.2 Å². The number of hydrogen-bond donors (Lipinski definition) is 2. The summed E-state index contributed by atoms with van der Waals surface area (Å²) in [5.41, 5.74) is 1.13. The lowest BCUT2D eigenvalue weighted by molar-refractivity contribution is 0.0630. The third-order valence-electron chi connectivity index (χ3n) is 2.61. The molecule has 1 rings (SSSR count). The summed E-state index contributed by atoms with van der Waals surface area (Å²) in [5, 5.41) is 12.8. The topological polar surface area (TPSA) is 50.7 Å². The van der Waals surface area contributed by atoms with Crippen LogP contribution in [0.2, 0.25) is 0 Å². The fraction of sp³-hybridized carbons (Fsp3) is 0.538. The number of hydrogen-bond acceptors (Lipinski definition) is 4. The van der Waals surface area contributed by atoms with Crippen LogP contribution in [0.25, 0.3) is 0 Å². The molecule has 4 nitrogen and oxygen atoms in total. The van der Waals surface area contributed by atoms with Gasteiger partial charge in [-0.1, -0.05) is 12.1 Å². The zero-order chi connectivity index (χ0) is 12.7. The Morgan fingerprint density at radius 1 is 1.35 bits per heavy atom. The van der Waals surface area contributed by atoms with E-state index >= 15 is 0 Å². The molecule has 0 aromatic heterocycles. The van der Waals surface area contributed by atoms with Gasteiger partial charge in [0, 0.05) is 19.7 Å². The molecule has 0 saturated heterocycles. The summed E-state index contributed by atoms with van der Waals surface area (Å²) >= 11 is 0. The molecule has 0 amide bonds. The predicted octanol–water partition coefficient (Wildman–Crippen LogP) is 1.35. The molecular formula is C13H21NO3. The molecule has 0 heterocycles. The Balaban J connectivity index is 2.48. The van der Waals surface area contributed by atoms with Crippen LogP contribution in [-0.2, 0) is 4.74 Å². The van der Waals surface area contributed by atoms with Crippen molar-refractivity contribution in [3.05, 3.63) is 29.8 Å². The van der Waals surface area contributed by atoms with Crippen LogP contribution >= 0.6 is 0 Å². The fourth-order valence-electron chi connectivity index (χ4n) is 1.59. The maximum absolute atomic E-state index is 9.53. The lowest BCUT2D eigenvalue weighted by Gasteiger charge is -2.17. The van der Waals surface area contributed by atoms with Crippen LogP contribution in [0, 0.1) is 0 Å². The number of aliphatic hydroxyl groups is 1. The van der Waals surface area contributed by atoms with Crippen LogP contribution < -0.4 is 10.1 Å². The van der Waals surface area contributed by atoms with Gasteiger partial charge < -0.3 is 19.9 Å². The molecule has 0 bridgehead atoms. The summed E-state index contributed by atoms with van der Waals surface area (Å²) in [5.74, 6) is 0.841. The van der Waals surface area contributed by atoms with Crippen LogP contribution in [0.1, 0.15) is 18.5 Å². The molecule has 0 radical (unpaired) electrons. The van der Waals surface area contributed by atoms with Crippen molar-refractivity contribution < 1.29 is 14.6 Å². The molecule has 0 aliphatic heterocycles. The third kappa shape index (κ3) is 4.73. The highest BCUT2D eigenvalue weighted by Crippen LogP contribution is 2.18. The highest BCUT2D eigenvalue weighted by atomic mass is 16.5. The zero-order valence-electron chi connectivity index (χ0n) is 10.6.